The average Bonchev–Trinajstić information content (AvgIpc) is 2.22. The van der Waals surface area contributed by atoms with E-state index in [1.807, 2.05) is 11.8 Å². The van der Waals surface area contributed by atoms with Crippen LogP contribution in [0, 0.1) is 0 Å². The van der Waals surface area contributed by atoms with Gasteiger partial charge in [-0.2, -0.15) is 11.8 Å². The summed E-state index contributed by atoms with van der Waals surface area (Å²) < 4.78 is 0. The van der Waals surface area contributed by atoms with Crippen molar-refractivity contribution in [2.24, 2.45) is 0 Å². The van der Waals surface area contributed by atoms with Crippen LogP contribution in [-0.2, 0) is 0 Å². The van der Waals surface area contributed by atoms with Gasteiger partial charge < -0.3 is 15.3 Å². The lowest BCUT2D eigenvalue weighted by Crippen LogP contribution is -2.40. The van der Waals surface area contributed by atoms with Gasteiger partial charge >= 0.3 is 0 Å². The molecule has 4 heteroatoms. The smallest absolute Gasteiger partial charge is 0.0791 e. The summed E-state index contributed by atoms with van der Waals surface area (Å²) in [6.45, 7) is 6.63. The predicted octanol–water partition coefficient (Wildman–Crippen LogP) is 1.03. The molecular formula is C11H26N2OS. The molecule has 0 aliphatic carbocycles. The summed E-state index contributed by atoms with van der Waals surface area (Å²) in [5.74, 6) is 1.19. The molecule has 0 radical (unpaired) electrons. The highest BCUT2D eigenvalue weighted by Crippen LogP contribution is 2.06. The van der Waals surface area contributed by atoms with Crippen LogP contribution in [0.15, 0.2) is 0 Å². The monoisotopic (exact) mass is 234 g/mol. The molecule has 0 rings (SSSR count). The van der Waals surface area contributed by atoms with Crippen LogP contribution in [-0.4, -0.2) is 60.8 Å². The topological polar surface area (TPSA) is 35.5 Å². The third kappa shape index (κ3) is 8.08. The van der Waals surface area contributed by atoms with Crippen LogP contribution in [0.25, 0.3) is 0 Å². The summed E-state index contributed by atoms with van der Waals surface area (Å²) in [4.78, 5) is 2.23. The largest absolute Gasteiger partial charge is 0.390 e. The van der Waals surface area contributed by atoms with E-state index in [0.29, 0.717) is 12.6 Å². The minimum absolute atomic E-state index is 0.258. The van der Waals surface area contributed by atoms with E-state index in [-0.39, 0.29) is 6.10 Å². The lowest BCUT2D eigenvalue weighted by molar-refractivity contribution is 0.106. The number of hydrogen-bond acceptors (Lipinski definition) is 4. The van der Waals surface area contributed by atoms with Crippen LogP contribution >= 0.6 is 11.8 Å². The molecule has 0 fully saturated rings. The molecule has 0 saturated heterocycles. The molecule has 0 amide bonds. The van der Waals surface area contributed by atoms with Crippen LogP contribution in [0.4, 0.5) is 0 Å². The van der Waals surface area contributed by atoms with E-state index in [2.05, 4.69) is 37.4 Å². The third-order valence-corrected chi connectivity index (χ3v) is 3.26. The lowest BCUT2D eigenvalue weighted by Gasteiger charge is -2.26. The van der Waals surface area contributed by atoms with Gasteiger partial charge in [0.2, 0.25) is 0 Å². The first kappa shape index (κ1) is 15.2. The molecule has 0 aromatic carbocycles. The Morgan fingerprint density at radius 2 is 2.13 bits per heavy atom. The quantitative estimate of drug-likeness (QED) is 0.625. The SMILES string of the molecule is CCNCC(O)CN(C)C(C)CCSC. The van der Waals surface area contributed by atoms with Crippen molar-refractivity contribution in [2.45, 2.75) is 32.4 Å². The molecule has 0 aromatic heterocycles. The van der Waals surface area contributed by atoms with E-state index in [9.17, 15) is 5.11 Å². The molecule has 0 aromatic rings. The van der Waals surface area contributed by atoms with E-state index in [1.165, 1.54) is 12.2 Å². The number of nitrogens with one attached hydrogen (secondary N) is 1. The fraction of sp³-hybridized carbons (Fsp3) is 1.00. The first-order valence-electron chi connectivity index (χ1n) is 5.69. The summed E-state index contributed by atoms with van der Waals surface area (Å²) in [6.07, 6.45) is 3.06. The maximum Gasteiger partial charge on any atom is 0.0791 e. The number of aliphatic hydroxyl groups excluding tert-OH is 1. The number of nitrogens with zero attached hydrogens (tertiary/aromatic N) is 1. The average molecular weight is 234 g/mol. The second-order valence-electron chi connectivity index (χ2n) is 4.03. The standard InChI is InChI=1S/C11H26N2OS/c1-5-12-8-11(14)9-13(3)10(2)6-7-15-4/h10-12,14H,5-9H2,1-4H3. The third-order valence-electron chi connectivity index (χ3n) is 2.62. The highest BCUT2D eigenvalue weighted by Gasteiger charge is 2.12. The van der Waals surface area contributed by atoms with Gasteiger partial charge in [0.15, 0.2) is 0 Å². The highest BCUT2D eigenvalue weighted by molar-refractivity contribution is 7.98. The Balaban J connectivity index is 3.64. The molecule has 2 unspecified atom stereocenters. The highest BCUT2D eigenvalue weighted by atomic mass is 32.2. The van der Waals surface area contributed by atoms with Crippen molar-refractivity contribution in [1.29, 1.82) is 0 Å². The van der Waals surface area contributed by atoms with Crippen molar-refractivity contribution < 1.29 is 5.11 Å². The Morgan fingerprint density at radius 3 is 2.67 bits per heavy atom. The van der Waals surface area contributed by atoms with Crippen molar-refractivity contribution in [3.05, 3.63) is 0 Å². The van der Waals surface area contributed by atoms with Crippen LogP contribution in [0.3, 0.4) is 0 Å². The molecule has 15 heavy (non-hydrogen) atoms. The summed E-state index contributed by atoms with van der Waals surface area (Å²) >= 11 is 1.88. The lowest BCUT2D eigenvalue weighted by atomic mass is 10.2. The number of likely N-dealkylation sites (N-methyl/N-ethyl adjacent to an activating group) is 2. The van der Waals surface area contributed by atoms with Crippen molar-refractivity contribution in [1.82, 2.24) is 10.2 Å². The number of aliphatic hydroxyl groups is 1. The molecule has 2 N–H and O–H groups in total. The molecule has 3 nitrogen and oxygen atoms in total. The first-order valence-corrected chi connectivity index (χ1v) is 7.09. The zero-order chi connectivity index (χ0) is 11.7. The van der Waals surface area contributed by atoms with Gasteiger partial charge in [-0.05, 0) is 38.9 Å². The predicted molar refractivity (Wildman–Crippen MR) is 69.6 cm³/mol. The van der Waals surface area contributed by atoms with E-state index in [4.69, 9.17) is 0 Å². The van der Waals surface area contributed by atoms with Gasteiger partial charge in [0, 0.05) is 19.1 Å². The van der Waals surface area contributed by atoms with Gasteiger partial charge in [-0.3, -0.25) is 0 Å². The van der Waals surface area contributed by atoms with Crippen LogP contribution in [0.1, 0.15) is 20.3 Å². The summed E-state index contributed by atoms with van der Waals surface area (Å²) in [6, 6.07) is 0.550. The zero-order valence-corrected chi connectivity index (χ0v) is 11.3. The Morgan fingerprint density at radius 1 is 1.47 bits per heavy atom. The fourth-order valence-electron chi connectivity index (χ4n) is 1.40. The maximum atomic E-state index is 9.72. The zero-order valence-electron chi connectivity index (χ0n) is 10.5. The van der Waals surface area contributed by atoms with Crippen molar-refractivity contribution in [2.75, 3.05) is 38.7 Å². The molecular weight excluding hydrogens is 208 g/mol. The van der Waals surface area contributed by atoms with Crippen LogP contribution in [0.5, 0.6) is 0 Å². The Bertz CT molecular complexity index is 147. The normalized spacial score (nSPS) is 15.6. The van der Waals surface area contributed by atoms with Crippen LogP contribution < -0.4 is 5.32 Å². The van der Waals surface area contributed by atoms with Gasteiger partial charge in [0.05, 0.1) is 6.10 Å². The summed E-state index contributed by atoms with van der Waals surface area (Å²) in [5, 5.41) is 12.9. The number of hydrogen-bond donors (Lipinski definition) is 2. The van der Waals surface area contributed by atoms with E-state index < -0.39 is 0 Å². The first-order chi connectivity index (χ1) is 7.11. The molecule has 92 valence electrons. The van der Waals surface area contributed by atoms with Crippen molar-refractivity contribution in [3.63, 3.8) is 0 Å². The van der Waals surface area contributed by atoms with Gasteiger partial charge in [-0.25, -0.2) is 0 Å². The van der Waals surface area contributed by atoms with E-state index in [0.717, 1.165) is 13.1 Å². The van der Waals surface area contributed by atoms with Crippen molar-refractivity contribution >= 4 is 11.8 Å². The second kappa shape index (κ2) is 9.46. The minimum atomic E-state index is -0.258. The van der Waals surface area contributed by atoms with Gasteiger partial charge in [0.1, 0.15) is 0 Å². The van der Waals surface area contributed by atoms with Crippen LogP contribution in [0.2, 0.25) is 0 Å². The number of rotatable bonds is 9. The molecule has 0 heterocycles. The molecule has 0 aliphatic heterocycles. The number of thioether (sulfide) groups is 1. The Hall–Kier alpha value is 0.230. The molecule has 0 bridgehead atoms. The Kier molecular flexibility index (Phi) is 9.60. The fourth-order valence-corrected chi connectivity index (χ4v) is 1.97. The molecule has 0 spiro atoms. The summed E-state index contributed by atoms with van der Waals surface area (Å²) in [7, 11) is 2.08. The van der Waals surface area contributed by atoms with E-state index >= 15 is 0 Å². The Labute approximate surface area is 98.6 Å². The van der Waals surface area contributed by atoms with Gasteiger partial charge in [0.25, 0.3) is 0 Å². The molecule has 0 saturated carbocycles. The molecule has 0 aliphatic rings. The van der Waals surface area contributed by atoms with Gasteiger partial charge in [-0.15, -0.1) is 0 Å². The second-order valence-corrected chi connectivity index (χ2v) is 5.02. The van der Waals surface area contributed by atoms with Crippen molar-refractivity contribution in [3.8, 4) is 0 Å². The molecule has 2 atom stereocenters. The maximum absolute atomic E-state index is 9.72. The van der Waals surface area contributed by atoms with E-state index in [1.54, 1.807) is 0 Å². The minimum Gasteiger partial charge on any atom is -0.390 e. The van der Waals surface area contributed by atoms with Gasteiger partial charge in [-0.1, -0.05) is 6.92 Å². The summed E-state index contributed by atoms with van der Waals surface area (Å²) in [5.41, 5.74) is 0.